The molecule has 1 N–H and O–H groups in total. The summed E-state index contributed by atoms with van der Waals surface area (Å²) in [5.41, 5.74) is 1.87. The summed E-state index contributed by atoms with van der Waals surface area (Å²) in [6.07, 6.45) is 1.78. The minimum atomic E-state index is -0.967. The Morgan fingerprint density at radius 1 is 1.21 bits per heavy atom. The number of carboxylic acids is 1. The minimum Gasteiger partial charge on any atom is -0.493 e. The number of amides is 1. The van der Waals surface area contributed by atoms with Crippen LogP contribution < -0.4 is 9.47 Å². The first-order valence-electron chi connectivity index (χ1n) is 8.81. The predicted octanol–water partition coefficient (Wildman–Crippen LogP) is 4.19. The zero-order valence-electron chi connectivity index (χ0n) is 15.9. The highest BCUT2D eigenvalue weighted by Crippen LogP contribution is 2.34. The molecule has 3 rings (SSSR count). The van der Waals surface area contributed by atoms with Crippen molar-refractivity contribution in [3.05, 3.63) is 64.1 Å². The van der Waals surface area contributed by atoms with Crippen LogP contribution in [0.1, 0.15) is 28.4 Å². The van der Waals surface area contributed by atoms with Crippen LogP contribution in [0.2, 0.25) is 0 Å². The highest BCUT2D eigenvalue weighted by molar-refractivity contribution is 8.26. The van der Waals surface area contributed by atoms with Crippen LogP contribution in [0.15, 0.2) is 47.4 Å². The van der Waals surface area contributed by atoms with E-state index in [9.17, 15) is 9.59 Å². The quantitative estimate of drug-likeness (QED) is 0.522. The Bertz CT molecular complexity index is 985. The molecule has 29 heavy (non-hydrogen) atoms. The number of ether oxygens (including phenoxy) is 2. The van der Waals surface area contributed by atoms with Crippen molar-refractivity contribution in [2.45, 2.75) is 13.5 Å². The fraction of sp³-hybridized carbons (Fsp3) is 0.190. The lowest BCUT2D eigenvalue weighted by molar-refractivity contribution is -0.121. The van der Waals surface area contributed by atoms with Crippen molar-refractivity contribution >= 4 is 46.3 Å². The van der Waals surface area contributed by atoms with Crippen molar-refractivity contribution < 1.29 is 24.2 Å². The second kappa shape index (κ2) is 9.11. The third-order valence-electron chi connectivity index (χ3n) is 4.27. The van der Waals surface area contributed by atoms with E-state index in [4.69, 9.17) is 26.8 Å². The van der Waals surface area contributed by atoms with Crippen molar-refractivity contribution in [3.8, 4) is 11.5 Å². The number of carbonyl (C=O) groups excluding carboxylic acids is 1. The molecule has 1 amide bonds. The average Bonchev–Trinajstić information content (AvgIpc) is 2.99. The number of benzene rings is 2. The number of thiocarbonyl (C=S) groups is 1. The fourth-order valence-corrected chi connectivity index (χ4v) is 4.11. The van der Waals surface area contributed by atoms with Crippen LogP contribution in [0.3, 0.4) is 0 Å². The Labute approximate surface area is 178 Å². The molecule has 1 aliphatic rings. The topological polar surface area (TPSA) is 76.1 Å². The smallest absolute Gasteiger partial charge is 0.335 e. The van der Waals surface area contributed by atoms with Gasteiger partial charge in [0.25, 0.3) is 5.91 Å². The van der Waals surface area contributed by atoms with Crippen LogP contribution in [0.25, 0.3) is 6.08 Å². The second-order valence-corrected chi connectivity index (χ2v) is 7.80. The number of aromatic carboxylic acids is 1. The number of carboxylic acid groups (broad SMARTS) is 1. The molecule has 0 bridgehead atoms. The molecule has 0 spiro atoms. The molecule has 0 unspecified atom stereocenters. The number of hydrogen-bond donors (Lipinski definition) is 1. The van der Waals surface area contributed by atoms with E-state index in [1.165, 1.54) is 23.9 Å². The van der Waals surface area contributed by atoms with Gasteiger partial charge in [-0.25, -0.2) is 4.79 Å². The first-order chi connectivity index (χ1) is 13.9. The monoisotopic (exact) mass is 429 g/mol. The molecule has 0 aromatic heterocycles. The number of likely N-dealkylation sites (N-methyl/N-ethyl adjacent to an activating group) is 1. The SMILES string of the molecule is CCN1C(=O)/C(=C/c2ccc(OCc3ccc(C(=O)O)cc3)c(OC)c2)SC1=S. The highest BCUT2D eigenvalue weighted by Gasteiger charge is 2.30. The largest absolute Gasteiger partial charge is 0.493 e. The van der Waals surface area contributed by atoms with Gasteiger partial charge in [0.15, 0.2) is 11.5 Å². The molecular formula is C21H19NO5S2. The normalized spacial score (nSPS) is 15.1. The molecule has 1 aliphatic heterocycles. The summed E-state index contributed by atoms with van der Waals surface area (Å²) in [5.74, 6) is 0.0251. The van der Waals surface area contributed by atoms with Gasteiger partial charge in [-0.1, -0.05) is 42.2 Å². The molecule has 0 aliphatic carbocycles. The number of methoxy groups -OCH3 is 1. The van der Waals surface area contributed by atoms with Crippen LogP contribution >= 0.6 is 24.0 Å². The summed E-state index contributed by atoms with van der Waals surface area (Å²) in [7, 11) is 1.55. The molecule has 2 aromatic rings. The molecule has 150 valence electrons. The Morgan fingerprint density at radius 3 is 2.52 bits per heavy atom. The molecule has 8 heteroatoms. The molecule has 1 fully saturated rings. The Morgan fingerprint density at radius 2 is 1.93 bits per heavy atom. The van der Waals surface area contributed by atoms with Crippen molar-refractivity contribution in [1.82, 2.24) is 4.90 Å². The zero-order valence-corrected chi connectivity index (χ0v) is 17.5. The predicted molar refractivity (Wildman–Crippen MR) is 116 cm³/mol. The van der Waals surface area contributed by atoms with Gasteiger partial charge in [0, 0.05) is 6.54 Å². The second-order valence-electron chi connectivity index (χ2n) is 6.13. The molecule has 0 saturated carbocycles. The summed E-state index contributed by atoms with van der Waals surface area (Å²) in [6.45, 7) is 2.70. The summed E-state index contributed by atoms with van der Waals surface area (Å²) < 4.78 is 11.8. The van der Waals surface area contributed by atoms with Gasteiger partial charge in [0.2, 0.25) is 0 Å². The number of carbonyl (C=O) groups is 2. The van der Waals surface area contributed by atoms with Gasteiger partial charge in [-0.15, -0.1) is 0 Å². The van der Waals surface area contributed by atoms with Crippen LogP contribution in [0.4, 0.5) is 0 Å². The molecule has 1 heterocycles. The van der Waals surface area contributed by atoms with Gasteiger partial charge >= 0.3 is 5.97 Å². The van der Waals surface area contributed by atoms with Crippen LogP contribution in [0, 0.1) is 0 Å². The molecule has 2 aromatic carbocycles. The van der Waals surface area contributed by atoms with Crippen molar-refractivity contribution in [1.29, 1.82) is 0 Å². The zero-order chi connectivity index (χ0) is 21.0. The highest BCUT2D eigenvalue weighted by atomic mass is 32.2. The first kappa shape index (κ1) is 20.9. The third kappa shape index (κ3) is 4.78. The van der Waals surface area contributed by atoms with Crippen LogP contribution in [-0.2, 0) is 11.4 Å². The lowest BCUT2D eigenvalue weighted by Gasteiger charge is -2.12. The standard InChI is InChI=1S/C21H19NO5S2/c1-3-22-19(23)18(29-21(22)28)11-14-6-9-16(17(10-14)26-2)27-12-13-4-7-15(8-5-13)20(24)25/h4-11H,3,12H2,1-2H3,(H,24,25)/b18-11-. The summed E-state index contributed by atoms with van der Waals surface area (Å²) in [4.78, 5) is 25.4. The average molecular weight is 430 g/mol. The molecule has 1 saturated heterocycles. The van der Waals surface area contributed by atoms with E-state index in [0.717, 1.165) is 11.1 Å². The van der Waals surface area contributed by atoms with Crippen molar-refractivity contribution in [2.75, 3.05) is 13.7 Å². The van der Waals surface area contributed by atoms with Gasteiger partial charge < -0.3 is 14.6 Å². The van der Waals surface area contributed by atoms with E-state index < -0.39 is 5.97 Å². The molecular weight excluding hydrogens is 410 g/mol. The number of rotatable bonds is 7. The maximum absolute atomic E-state index is 12.4. The number of nitrogens with zero attached hydrogens (tertiary/aromatic N) is 1. The van der Waals surface area contributed by atoms with Gasteiger partial charge in [-0.3, -0.25) is 9.69 Å². The van der Waals surface area contributed by atoms with Crippen LogP contribution in [-0.4, -0.2) is 39.9 Å². The van der Waals surface area contributed by atoms with E-state index in [2.05, 4.69) is 0 Å². The lowest BCUT2D eigenvalue weighted by Crippen LogP contribution is -2.27. The Hall–Kier alpha value is -2.84. The fourth-order valence-electron chi connectivity index (χ4n) is 2.72. The first-order valence-corrected chi connectivity index (χ1v) is 10.0. The Kier molecular flexibility index (Phi) is 6.56. The molecule has 6 nitrogen and oxygen atoms in total. The maximum atomic E-state index is 12.4. The number of thioether (sulfide) groups is 1. The Balaban J connectivity index is 1.74. The maximum Gasteiger partial charge on any atom is 0.335 e. The lowest BCUT2D eigenvalue weighted by atomic mass is 10.1. The van der Waals surface area contributed by atoms with E-state index in [0.29, 0.717) is 27.3 Å². The van der Waals surface area contributed by atoms with Gasteiger partial charge in [-0.2, -0.15) is 0 Å². The summed E-state index contributed by atoms with van der Waals surface area (Å²) in [6, 6.07) is 11.9. The summed E-state index contributed by atoms with van der Waals surface area (Å²) in [5, 5.41) is 8.95. The number of hydrogen-bond acceptors (Lipinski definition) is 6. The van der Waals surface area contributed by atoms with E-state index in [1.807, 2.05) is 13.0 Å². The molecule has 0 atom stereocenters. The van der Waals surface area contributed by atoms with E-state index in [1.54, 1.807) is 42.4 Å². The minimum absolute atomic E-state index is 0.0911. The summed E-state index contributed by atoms with van der Waals surface area (Å²) >= 11 is 6.52. The van der Waals surface area contributed by atoms with Gasteiger partial charge in [-0.05, 0) is 48.4 Å². The third-order valence-corrected chi connectivity index (χ3v) is 5.65. The van der Waals surface area contributed by atoms with Gasteiger partial charge in [0.1, 0.15) is 10.9 Å². The van der Waals surface area contributed by atoms with E-state index in [-0.39, 0.29) is 18.1 Å². The van der Waals surface area contributed by atoms with Crippen molar-refractivity contribution in [2.24, 2.45) is 0 Å². The molecule has 0 radical (unpaired) electrons. The van der Waals surface area contributed by atoms with Gasteiger partial charge in [0.05, 0.1) is 17.6 Å². The van der Waals surface area contributed by atoms with Crippen molar-refractivity contribution in [3.63, 3.8) is 0 Å². The van der Waals surface area contributed by atoms with E-state index >= 15 is 0 Å². The van der Waals surface area contributed by atoms with Crippen LogP contribution in [0.5, 0.6) is 11.5 Å².